The minimum absolute atomic E-state index is 0.566. The minimum atomic E-state index is 0.566. The monoisotopic (exact) mass is 285 g/mol. The van der Waals surface area contributed by atoms with Crippen LogP contribution < -0.4 is 5.32 Å². The minimum Gasteiger partial charge on any atom is -0.317 e. The molecule has 0 spiro atoms. The summed E-state index contributed by atoms with van der Waals surface area (Å²) in [5.41, 5.74) is 4.10. The molecule has 0 radical (unpaired) electrons. The van der Waals surface area contributed by atoms with Crippen LogP contribution in [0.4, 0.5) is 0 Å². The van der Waals surface area contributed by atoms with Crippen LogP contribution in [0.5, 0.6) is 0 Å². The van der Waals surface area contributed by atoms with Crippen LogP contribution >= 0.6 is 0 Å². The van der Waals surface area contributed by atoms with Gasteiger partial charge in [-0.05, 0) is 50.9 Å². The number of nitrogens with one attached hydrogen (secondary N) is 1. The fourth-order valence-electron chi connectivity index (χ4n) is 2.38. The zero-order chi connectivity index (χ0) is 15.2. The standard InChI is InChI=1S/C16H23N5/c1-5-17-9-11(2)8-14-12(3)20-16(21-13(14)4)15-6-7-18-10-19-15/h6-7,10-11,17H,5,8-9H2,1-4H3. The Morgan fingerprint density at radius 3 is 2.48 bits per heavy atom. The van der Waals surface area contributed by atoms with Gasteiger partial charge in [0.25, 0.3) is 0 Å². The van der Waals surface area contributed by atoms with Gasteiger partial charge in [0.05, 0.1) is 0 Å². The van der Waals surface area contributed by atoms with Crippen molar-refractivity contribution in [3.05, 3.63) is 35.5 Å². The summed E-state index contributed by atoms with van der Waals surface area (Å²) in [4.78, 5) is 17.4. The Morgan fingerprint density at radius 1 is 1.19 bits per heavy atom. The molecular formula is C16H23N5. The van der Waals surface area contributed by atoms with Crippen molar-refractivity contribution in [3.63, 3.8) is 0 Å². The van der Waals surface area contributed by atoms with Gasteiger partial charge in [-0.1, -0.05) is 13.8 Å². The van der Waals surface area contributed by atoms with Crippen molar-refractivity contribution in [1.29, 1.82) is 0 Å². The number of nitrogens with zero attached hydrogens (tertiary/aromatic N) is 4. The normalized spacial score (nSPS) is 12.4. The molecule has 2 aromatic rings. The fraction of sp³-hybridized carbons (Fsp3) is 0.500. The van der Waals surface area contributed by atoms with Crippen molar-refractivity contribution in [2.24, 2.45) is 5.92 Å². The first-order chi connectivity index (χ1) is 10.1. The number of aromatic nitrogens is 4. The lowest BCUT2D eigenvalue weighted by Gasteiger charge is -2.15. The Bertz CT molecular complexity index is 559. The highest BCUT2D eigenvalue weighted by molar-refractivity contribution is 5.49. The van der Waals surface area contributed by atoms with E-state index in [-0.39, 0.29) is 0 Å². The molecule has 1 atom stereocenters. The molecule has 5 heteroatoms. The van der Waals surface area contributed by atoms with Gasteiger partial charge in [0.2, 0.25) is 0 Å². The molecule has 112 valence electrons. The first kappa shape index (κ1) is 15.5. The van der Waals surface area contributed by atoms with E-state index in [1.165, 1.54) is 11.9 Å². The Hall–Kier alpha value is -1.88. The molecule has 0 aliphatic heterocycles. The first-order valence-electron chi connectivity index (χ1n) is 7.43. The predicted molar refractivity (Wildman–Crippen MR) is 83.9 cm³/mol. The van der Waals surface area contributed by atoms with E-state index in [0.29, 0.717) is 11.7 Å². The van der Waals surface area contributed by atoms with Gasteiger partial charge in [0.1, 0.15) is 12.0 Å². The van der Waals surface area contributed by atoms with Crippen molar-refractivity contribution in [1.82, 2.24) is 25.3 Å². The van der Waals surface area contributed by atoms with E-state index in [1.807, 2.05) is 6.07 Å². The second-order valence-electron chi connectivity index (χ2n) is 5.41. The molecular weight excluding hydrogens is 262 g/mol. The zero-order valence-corrected chi connectivity index (χ0v) is 13.2. The summed E-state index contributed by atoms with van der Waals surface area (Å²) in [7, 11) is 0. The summed E-state index contributed by atoms with van der Waals surface area (Å²) in [5, 5.41) is 3.39. The van der Waals surface area contributed by atoms with Crippen LogP contribution in [0.2, 0.25) is 0 Å². The maximum absolute atomic E-state index is 4.62. The summed E-state index contributed by atoms with van der Waals surface area (Å²) >= 11 is 0. The van der Waals surface area contributed by atoms with E-state index < -0.39 is 0 Å². The highest BCUT2D eigenvalue weighted by atomic mass is 14.9. The van der Waals surface area contributed by atoms with E-state index in [0.717, 1.165) is 36.6 Å². The van der Waals surface area contributed by atoms with Crippen molar-refractivity contribution in [3.8, 4) is 11.5 Å². The highest BCUT2D eigenvalue weighted by Crippen LogP contribution is 2.19. The van der Waals surface area contributed by atoms with Crippen molar-refractivity contribution < 1.29 is 0 Å². The Labute approximate surface area is 126 Å². The van der Waals surface area contributed by atoms with E-state index in [9.17, 15) is 0 Å². The molecule has 1 N–H and O–H groups in total. The number of aryl methyl sites for hydroxylation is 2. The molecule has 1 unspecified atom stereocenters. The van der Waals surface area contributed by atoms with Gasteiger partial charge >= 0.3 is 0 Å². The smallest absolute Gasteiger partial charge is 0.178 e. The van der Waals surface area contributed by atoms with Crippen molar-refractivity contribution in [2.45, 2.75) is 34.1 Å². The molecule has 2 aromatic heterocycles. The average molecular weight is 285 g/mol. The number of rotatable bonds is 6. The lowest BCUT2D eigenvalue weighted by Crippen LogP contribution is -2.22. The molecule has 0 saturated heterocycles. The van der Waals surface area contributed by atoms with Crippen LogP contribution in [0.1, 0.15) is 30.8 Å². The zero-order valence-electron chi connectivity index (χ0n) is 13.2. The molecule has 0 saturated carbocycles. The lowest BCUT2D eigenvalue weighted by molar-refractivity contribution is 0.517. The Balaban J connectivity index is 2.22. The van der Waals surface area contributed by atoms with Crippen LogP contribution in [0.25, 0.3) is 11.5 Å². The van der Waals surface area contributed by atoms with Gasteiger partial charge in [-0.25, -0.2) is 19.9 Å². The predicted octanol–water partition coefficient (Wildman–Crippen LogP) is 2.34. The van der Waals surface area contributed by atoms with Crippen molar-refractivity contribution >= 4 is 0 Å². The maximum atomic E-state index is 4.62. The SMILES string of the molecule is CCNCC(C)Cc1c(C)nc(-c2ccncn2)nc1C. The summed E-state index contributed by atoms with van der Waals surface area (Å²) in [5.74, 6) is 1.24. The molecule has 21 heavy (non-hydrogen) atoms. The third-order valence-corrected chi connectivity index (χ3v) is 3.53. The van der Waals surface area contributed by atoms with E-state index in [1.54, 1.807) is 6.20 Å². The van der Waals surface area contributed by atoms with E-state index in [4.69, 9.17) is 0 Å². The van der Waals surface area contributed by atoms with Gasteiger partial charge in [0, 0.05) is 17.6 Å². The second kappa shape index (κ2) is 7.22. The Morgan fingerprint density at radius 2 is 1.90 bits per heavy atom. The summed E-state index contributed by atoms with van der Waals surface area (Å²) in [6.07, 6.45) is 4.23. The number of hydrogen-bond donors (Lipinski definition) is 1. The maximum Gasteiger partial charge on any atom is 0.178 e. The second-order valence-corrected chi connectivity index (χ2v) is 5.41. The van der Waals surface area contributed by atoms with Crippen LogP contribution in [-0.4, -0.2) is 33.0 Å². The molecule has 0 fully saturated rings. The van der Waals surface area contributed by atoms with Crippen LogP contribution in [0.3, 0.4) is 0 Å². The molecule has 2 rings (SSSR count). The summed E-state index contributed by atoms with van der Waals surface area (Å²) in [6.45, 7) is 10.5. The van der Waals surface area contributed by atoms with Gasteiger partial charge in [-0.2, -0.15) is 0 Å². The average Bonchev–Trinajstić information content (AvgIpc) is 2.49. The molecule has 0 bridgehead atoms. The third-order valence-electron chi connectivity index (χ3n) is 3.53. The van der Waals surface area contributed by atoms with E-state index in [2.05, 4.69) is 52.9 Å². The molecule has 5 nitrogen and oxygen atoms in total. The quantitative estimate of drug-likeness (QED) is 0.882. The molecule has 0 aliphatic carbocycles. The lowest BCUT2D eigenvalue weighted by atomic mass is 9.98. The molecule has 2 heterocycles. The van der Waals surface area contributed by atoms with Crippen LogP contribution in [0, 0.1) is 19.8 Å². The van der Waals surface area contributed by atoms with Crippen LogP contribution in [0.15, 0.2) is 18.6 Å². The van der Waals surface area contributed by atoms with E-state index >= 15 is 0 Å². The first-order valence-corrected chi connectivity index (χ1v) is 7.43. The highest BCUT2D eigenvalue weighted by Gasteiger charge is 2.13. The molecule has 0 amide bonds. The van der Waals surface area contributed by atoms with Gasteiger partial charge in [0.15, 0.2) is 5.82 Å². The topological polar surface area (TPSA) is 63.6 Å². The summed E-state index contributed by atoms with van der Waals surface area (Å²) < 4.78 is 0. The van der Waals surface area contributed by atoms with Gasteiger partial charge in [-0.3, -0.25) is 0 Å². The van der Waals surface area contributed by atoms with Crippen LogP contribution in [-0.2, 0) is 6.42 Å². The van der Waals surface area contributed by atoms with Gasteiger partial charge in [-0.15, -0.1) is 0 Å². The number of hydrogen-bond acceptors (Lipinski definition) is 5. The Kier molecular flexibility index (Phi) is 5.33. The fourth-order valence-corrected chi connectivity index (χ4v) is 2.38. The van der Waals surface area contributed by atoms with Crippen molar-refractivity contribution in [2.75, 3.05) is 13.1 Å². The largest absolute Gasteiger partial charge is 0.317 e. The third kappa shape index (κ3) is 4.04. The molecule has 0 aromatic carbocycles. The summed E-state index contributed by atoms with van der Waals surface area (Å²) in [6, 6.07) is 1.83. The molecule has 0 aliphatic rings. The van der Waals surface area contributed by atoms with Gasteiger partial charge < -0.3 is 5.32 Å².